The first-order valence-corrected chi connectivity index (χ1v) is 19.3. The minimum atomic E-state index is -0.722. The number of aromatic nitrogens is 3. The van der Waals surface area contributed by atoms with Crippen LogP contribution in [0.2, 0.25) is 0 Å². The first kappa shape index (κ1) is 33.4. The van der Waals surface area contributed by atoms with Gasteiger partial charge in [-0.3, -0.25) is 0 Å². The van der Waals surface area contributed by atoms with Gasteiger partial charge in [0.05, 0.1) is 17.0 Å². The summed E-state index contributed by atoms with van der Waals surface area (Å²) < 4.78 is 6.85. The van der Waals surface area contributed by atoms with Gasteiger partial charge in [-0.15, -0.1) is 0 Å². The predicted molar refractivity (Wildman–Crippen MR) is 229 cm³/mol. The number of hydrogen-bond donors (Lipinski definition) is 0. The Morgan fingerprint density at radius 1 is 0.362 bits per heavy atom. The van der Waals surface area contributed by atoms with Crippen molar-refractivity contribution in [1.29, 1.82) is 5.26 Å². The Labute approximate surface area is 336 Å². The summed E-state index contributed by atoms with van der Waals surface area (Å²) in [6.45, 7) is 0. The molecule has 11 rings (SSSR count). The van der Waals surface area contributed by atoms with E-state index < -0.39 is 5.41 Å². The fourth-order valence-electron chi connectivity index (χ4n) is 8.78. The number of nitriles is 1. The number of fused-ring (bicyclic) bond motifs is 9. The van der Waals surface area contributed by atoms with Crippen LogP contribution in [0.4, 0.5) is 0 Å². The fraction of sp³-hybridized carbons (Fsp3) is 0.0189. The molecule has 0 unspecified atom stereocenters. The van der Waals surface area contributed by atoms with Gasteiger partial charge < -0.3 is 4.74 Å². The zero-order valence-corrected chi connectivity index (χ0v) is 31.2. The van der Waals surface area contributed by atoms with Crippen molar-refractivity contribution in [1.82, 2.24) is 15.0 Å². The Morgan fingerprint density at radius 2 is 0.793 bits per heavy atom. The Bertz CT molecular complexity index is 3050. The number of nitrogens with zero attached hydrogens (tertiary/aromatic N) is 4. The average molecular weight is 741 g/mol. The van der Waals surface area contributed by atoms with Gasteiger partial charge in [0.2, 0.25) is 0 Å². The maximum Gasteiger partial charge on any atom is 0.164 e. The highest BCUT2D eigenvalue weighted by Crippen LogP contribution is 2.62. The van der Waals surface area contributed by atoms with Crippen molar-refractivity contribution in [2.24, 2.45) is 0 Å². The smallest absolute Gasteiger partial charge is 0.164 e. The van der Waals surface area contributed by atoms with Gasteiger partial charge in [-0.1, -0.05) is 152 Å². The van der Waals surface area contributed by atoms with Crippen LogP contribution in [0.5, 0.6) is 11.5 Å². The van der Waals surface area contributed by atoms with E-state index in [0.29, 0.717) is 23.0 Å². The molecule has 0 bridgehead atoms. The van der Waals surface area contributed by atoms with E-state index in [0.717, 1.165) is 61.6 Å². The second kappa shape index (κ2) is 13.4. The van der Waals surface area contributed by atoms with E-state index in [2.05, 4.69) is 146 Å². The van der Waals surface area contributed by atoms with Crippen molar-refractivity contribution in [2.75, 3.05) is 0 Å². The SMILES string of the molecule is N#Cc1cccc(-c2ccc3c(c2)C2(c4cc(-c5nc(-c6ccccc6)nc(-c6ccc(-c7ccccc7)cc6)n5)ccc4O3)c3ccccc3-c3ccccc32)c1. The lowest BCUT2D eigenvalue weighted by atomic mass is 9.65. The molecule has 0 saturated heterocycles. The Kier molecular flexibility index (Phi) is 7.70. The molecule has 9 aromatic rings. The van der Waals surface area contributed by atoms with Crippen LogP contribution in [-0.4, -0.2) is 15.0 Å². The van der Waals surface area contributed by atoms with Crippen LogP contribution < -0.4 is 4.74 Å². The van der Waals surface area contributed by atoms with E-state index >= 15 is 0 Å². The minimum absolute atomic E-state index is 0.571. The Morgan fingerprint density at radius 3 is 1.41 bits per heavy atom. The Hall–Kier alpha value is -7.94. The van der Waals surface area contributed by atoms with E-state index in [1.54, 1.807) is 0 Å². The maximum absolute atomic E-state index is 9.75. The normalized spacial score (nSPS) is 12.7. The van der Waals surface area contributed by atoms with Crippen LogP contribution in [0.1, 0.15) is 27.8 Å². The van der Waals surface area contributed by atoms with E-state index in [1.165, 1.54) is 22.3 Å². The van der Waals surface area contributed by atoms with Gasteiger partial charge in [0, 0.05) is 27.8 Å². The van der Waals surface area contributed by atoms with Gasteiger partial charge in [0.1, 0.15) is 11.5 Å². The lowest BCUT2D eigenvalue weighted by Gasteiger charge is -2.40. The second-order valence-corrected chi connectivity index (χ2v) is 14.7. The first-order valence-electron chi connectivity index (χ1n) is 19.3. The number of rotatable bonds is 5. The highest BCUT2D eigenvalue weighted by molar-refractivity contribution is 5.90. The van der Waals surface area contributed by atoms with Gasteiger partial charge >= 0.3 is 0 Å². The molecule has 270 valence electrons. The summed E-state index contributed by atoms with van der Waals surface area (Å²) in [6, 6.07) is 69.0. The molecule has 8 aromatic carbocycles. The minimum Gasteiger partial charge on any atom is -0.457 e. The highest BCUT2D eigenvalue weighted by atomic mass is 16.5. The molecule has 58 heavy (non-hydrogen) atoms. The highest BCUT2D eigenvalue weighted by Gasteiger charge is 2.51. The van der Waals surface area contributed by atoms with Crippen LogP contribution in [-0.2, 0) is 5.41 Å². The number of benzene rings is 8. The molecule has 1 aromatic heterocycles. The summed E-state index contributed by atoms with van der Waals surface area (Å²) in [5.74, 6) is 3.33. The molecule has 1 aliphatic heterocycles. The molecule has 5 nitrogen and oxygen atoms in total. The van der Waals surface area contributed by atoms with E-state index in [4.69, 9.17) is 19.7 Å². The van der Waals surface area contributed by atoms with Crippen LogP contribution >= 0.6 is 0 Å². The second-order valence-electron chi connectivity index (χ2n) is 14.7. The zero-order valence-electron chi connectivity index (χ0n) is 31.2. The molecule has 0 radical (unpaired) electrons. The van der Waals surface area contributed by atoms with E-state index in [9.17, 15) is 5.26 Å². The van der Waals surface area contributed by atoms with Gasteiger partial charge in [-0.25, -0.2) is 15.0 Å². The van der Waals surface area contributed by atoms with Crippen LogP contribution in [0.3, 0.4) is 0 Å². The summed E-state index contributed by atoms with van der Waals surface area (Å²) in [5, 5.41) is 9.75. The zero-order chi connectivity index (χ0) is 38.6. The van der Waals surface area contributed by atoms with Gasteiger partial charge in [0.15, 0.2) is 17.5 Å². The molecule has 2 heterocycles. The largest absolute Gasteiger partial charge is 0.457 e. The van der Waals surface area contributed by atoms with Gasteiger partial charge in [-0.05, 0) is 87.0 Å². The van der Waals surface area contributed by atoms with Crippen molar-refractivity contribution < 1.29 is 4.74 Å². The molecule has 0 fully saturated rings. The number of hydrogen-bond acceptors (Lipinski definition) is 5. The quantitative estimate of drug-likeness (QED) is 0.176. The van der Waals surface area contributed by atoms with Gasteiger partial charge in [0.25, 0.3) is 0 Å². The average Bonchev–Trinajstić information content (AvgIpc) is 3.60. The van der Waals surface area contributed by atoms with Crippen molar-refractivity contribution in [2.45, 2.75) is 5.41 Å². The van der Waals surface area contributed by atoms with E-state index in [1.807, 2.05) is 54.6 Å². The van der Waals surface area contributed by atoms with Crippen LogP contribution in [0, 0.1) is 11.3 Å². The van der Waals surface area contributed by atoms with Crippen molar-refractivity contribution in [3.05, 3.63) is 222 Å². The summed E-state index contributed by atoms with van der Waals surface area (Å²) in [4.78, 5) is 15.4. The summed E-state index contributed by atoms with van der Waals surface area (Å²) in [5.41, 5.74) is 13.6. The predicted octanol–water partition coefficient (Wildman–Crippen LogP) is 12.5. The molecule has 5 heteroatoms. The van der Waals surface area contributed by atoms with Crippen molar-refractivity contribution >= 4 is 0 Å². The molecule has 1 aliphatic carbocycles. The molecule has 0 N–H and O–H groups in total. The lowest BCUT2D eigenvalue weighted by molar-refractivity contribution is 0.436. The molecule has 0 saturated carbocycles. The monoisotopic (exact) mass is 740 g/mol. The topological polar surface area (TPSA) is 71.7 Å². The standard InChI is InChI=1S/C53H32N4O/c54-33-34-12-11-17-39(30-34)40-26-28-48-46(31-40)53(44-20-9-7-18-42(44)43-19-8-10-21-45(43)53)47-32-41(27-29-49(47)58-48)52-56-50(37-15-5-2-6-16-37)55-51(57-52)38-24-22-36(23-25-38)35-13-3-1-4-14-35/h1-32H. The molecule has 2 aliphatic rings. The van der Waals surface area contributed by atoms with Crippen LogP contribution in [0.15, 0.2) is 194 Å². The Balaban J connectivity index is 1.13. The molecule has 0 amide bonds. The first-order chi connectivity index (χ1) is 28.7. The summed E-state index contributed by atoms with van der Waals surface area (Å²) in [6.07, 6.45) is 0. The third kappa shape index (κ3) is 5.27. The van der Waals surface area contributed by atoms with Crippen molar-refractivity contribution in [3.8, 4) is 85.1 Å². The summed E-state index contributed by atoms with van der Waals surface area (Å²) >= 11 is 0. The van der Waals surface area contributed by atoms with Gasteiger partial charge in [-0.2, -0.15) is 5.26 Å². The molecule has 0 atom stereocenters. The van der Waals surface area contributed by atoms with Crippen molar-refractivity contribution in [3.63, 3.8) is 0 Å². The molecular weight excluding hydrogens is 709 g/mol. The third-order valence-electron chi connectivity index (χ3n) is 11.4. The maximum atomic E-state index is 9.75. The molecule has 1 spiro atoms. The summed E-state index contributed by atoms with van der Waals surface area (Å²) in [7, 11) is 0. The lowest BCUT2D eigenvalue weighted by Crippen LogP contribution is -2.32. The van der Waals surface area contributed by atoms with E-state index in [-0.39, 0.29) is 0 Å². The molecular formula is C53H32N4O. The number of ether oxygens (including phenoxy) is 1. The van der Waals surface area contributed by atoms with Crippen LogP contribution in [0.25, 0.3) is 67.5 Å². The fourth-order valence-corrected chi connectivity index (χ4v) is 8.78. The third-order valence-corrected chi connectivity index (χ3v) is 11.4.